The number of rotatable bonds is 19. The van der Waals surface area contributed by atoms with Crippen molar-refractivity contribution in [3.05, 3.63) is 42.0 Å². The van der Waals surface area contributed by atoms with Crippen molar-refractivity contribution in [2.75, 3.05) is 53.2 Å². The van der Waals surface area contributed by atoms with E-state index in [0.29, 0.717) is 59.0 Å². The Balaban J connectivity index is 1.95. The molecule has 1 aromatic carbocycles. The van der Waals surface area contributed by atoms with E-state index in [9.17, 15) is 9.59 Å². The van der Waals surface area contributed by atoms with Crippen molar-refractivity contribution in [2.45, 2.75) is 52.4 Å². The number of likely N-dealkylation sites (N-methyl/N-ethyl adjacent to an activating group) is 1. The van der Waals surface area contributed by atoms with Crippen LogP contribution in [0.4, 0.5) is 0 Å². The molecule has 32 heavy (non-hydrogen) atoms. The van der Waals surface area contributed by atoms with Crippen molar-refractivity contribution in [1.82, 2.24) is 4.90 Å². The Morgan fingerprint density at radius 1 is 0.812 bits per heavy atom. The molecular weight excluding hydrogens is 406 g/mol. The smallest absolute Gasteiger partial charge is 0.219 e. The standard InChI is InChI=1S/C26H41NO5/c1-5-9-22(2)24-11-13-25(14-12-24)26(29)10-8-18-32-21-20-31-17-7-6-16-30-19-15-27(4)23(3)28/h11-14H,2,5-10,15-21H2,1,3-4H3. The van der Waals surface area contributed by atoms with Crippen LogP contribution in [0.3, 0.4) is 0 Å². The van der Waals surface area contributed by atoms with E-state index in [-0.39, 0.29) is 11.7 Å². The molecule has 0 aliphatic rings. The number of Topliss-reactive ketones (excluding diaryl/α,β-unsaturated/α-hetero) is 1. The molecule has 6 nitrogen and oxygen atoms in total. The number of carbonyl (C=O) groups excluding carboxylic acids is 2. The SMILES string of the molecule is C=C(CCC)c1ccc(C(=O)CCCOCCOCCCCOCCN(C)C(C)=O)cc1. The van der Waals surface area contributed by atoms with Crippen molar-refractivity contribution in [3.63, 3.8) is 0 Å². The summed E-state index contributed by atoms with van der Waals surface area (Å²) in [4.78, 5) is 25.0. The minimum absolute atomic E-state index is 0.0511. The molecule has 0 N–H and O–H groups in total. The summed E-state index contributed by atoms with van der Waals surface area (Å²) in [5, 5.41) is 0. The molecule has 0 heterocycles. The summed E-state index contributed by atoms with van der Waals surface area (Å²) in [6.45, 7) is 12.0. The van der Waals surface area contributed by atoms with Gasteiger partial charge in [-0.2, -0.15) is 0 Å². The van der Waals surface area contributed by atoms with Gasteiger partial charge in [-0.15, -0.1) is 0 Å². The van der Waals surface area contributed by atoms with E-state index in [4.69, 9.17) is 14.2 Å². The maximum atomic E-state index is 12.3. The van der Waals surface area contributed by atoms with Gasteiger partial charge in [0.2, 0.25) is 5.91 Å². The van der Waals surface area contributed by atoms with Crippen LogP contribution in [0.25, 0.3) is 5.57 Å². The molecule has 0 radical (unpaired) electrons. The zero-order valence-electron chi connectivity index (χ0n) is 20.2. The zero-order chi connectivity index (χ0) is 23.6. The second kappa shape index (κ2) is 17.5. The number of allylic oxidation sites excluding steroid dienone is 1. The second-order valence-corrected chi connectivity index (χ2v) is 7.94. The highest BCUT2D eigenvalue weighted by Gasteiger charge is 2.06. The third-order valence-corrected chi connectivity index (χ3v) is 5.17. The van der Waals surface area contributed by atoms with Crippen LogP contribution in [0.2, 0.25) is 0 Å². The fourth-order valence-electron chi connectivity index (χ4n) is 3.01. The van der Waals surface area contributed by atoms with Crippen molar-refractivity contribution < 1.29 is 23.8 Å². The Hall–Kier alpha value is -2.02. The summed E-state index contributed by atoms with van der Waals surface area (Å²) in [5.74, 6) is 0.197. The Kier molecular flexibility index (Phi) is 15.3. The number of hydrogen-bond acceptors (Lipinski definition) is 5. The van der Waals surface area contributed by atoms with Crippen molar-refractivity contribution in [2.24, 2.45) is 0 Å². The van der Waals surface area contributed by atoms with Gasteiger partial charge in [-0.1, -0.05) is 44.2 Å². The summed E-state index contributed by atoms with van der Waals surface area (Å²) in [6, 6.07) is 7.75. The maximum absolute atomic E-state index is 12.3. The van der Waals surface area contributed by atoms with Gasteiger partial charge in [0, 0.05) is 52.3 Å². The zero-order valence-corrected chi connectivity index (χ0v) is 20.2. The van der Waals surface area contributed by atoms with Crippen LogP contribution in [0, 0.1) is 0 Å². The quantitative estimate of drug-likeness (QED) is 0.226. The number of amides is 1. The molecular formula is C26H41NO5. The van der Waals surface area contributed by atoms with Crippen LogP contribution in [0.5, 0.6) is 0 Å². The third kappa shape index (κ3) is 12.7. The van der Waals surface area contributed by atoms with E-state index in [0.717, 1.165) is 42.4 Å². The number of ketones is 1. The monoisotopic (exact) mass is 447 g/mol. The lowest BCUT2D eigenvalue weighted by atomic mass is 9.99. The van der Waals surface area contributed by atoms with E-state index >= 15 is 0 Å². The number of ether oxygens (including phenoxy) is 3. The number of benzene rings is 1. The predicted molar refractivity (Wildman–Crippen MR) is 129 cm³/mol. The first-order chi connectivity index (χ1) is 15.5. The summed E-state index contributed by atoms with van der Waals surface area (Å²) >= 11 is 0. The van der Waals surface area contributed by atoms with Gasteiger partial charge in [-0.05, 0) is 36.8 Å². The summed E-state index contributed by atoms with van der Waals surface area (Å²) in [6.07, 6.45) is 5.10. The molecule has 0 saturated carbocycles. The minimum Gasteiger partial charge on any atom is -0.380 e. The van der Waals surface area contributed by atoms with Gasteiger partial charge in [0.1, 0.15) is 0 Å². The fraction of sp³-hybridized carbons (Fsp3) is 0.615. The number of nitrogens with zero attached hydrogens (tertiary/aromatic N) is 1. The van der Waals surface area contributed by atoms with Crippen molar-refractivity contribution in [1.29, 1.82) is 0 Å². The van der Waals surface area contributed by atoms with E-state index in [1.165, 1.54) is 0 Å². The molecule has 0 bridgehead atoms. The summed E-state index contributed by atoms with van der Waals surface area (Å²) in [7, 11) is 1.77. The number of carbonyl (C=O) groups is 2. The van der Waals surface area contributed by atoms with Crippen LogP contribution < -0.4 is 0 Å². The van der Waals surface area contributed by atoms with Gasteiger partial charge in [0.15, 0.2) is 5.78 Å². The molecule has 0 atom stereocenters. The molecule has 1 aromatic rings. The molecule has 180 valence electrons. The Morgan fingerprint density at radius 3 is 1.91 bits per heavy atom. The van der Waals surface area contributed by atoms with Crippen LogP contribution in [-0.2, 0) is 19.0 Å². The molecule has 0 aliphatic heterocycles. The van der Waals surface area contributed by atoms with E-state index in [2.05, 4.69) is 13.5 Å². The lowest BCUT2D eigenvalue weighted by molar-refractivity contribution is -0.128. The van der Waals surface area contributed by atoms with Gasteiger partial charge >= 0.3 is 0 Å². The van der Waals surface area contributed by atoms with Gasteiger partial charge in [-0.3, -0.25) is 9.59 Å². The first-order valence-electron chi connectivity index (χ1n) is 11.7. The van der Waals surface area contributed by atoms with Crippen molar-refractivity contribution in [3.8, 4) is 0 Å². The molecule has 0 aromatic heterocycles. The van der Waals surface area contributed by atoms with Gasteiger partial charge < -0.3 is 19.1 Å². The van der Waals surface area contributed by atoms with Crippen LogP contribution >= 0.6 is 0 Å². The lowest BCUT2D eigenvalue weighted by Crippen LogP contribution is -2.27. The molecule has 0 unspecified atom stereocenters. The Bertz CT molecular complexity index is 671. The normalized spacial score (nSPS) is 10.8. The average Bonchev–Trinajstić information content (AvgIpc) is 2.79. The highest BCUT2D eigenvalue weighted by Crippen LogP contribution is 2.18. The molecule has 0 fully saturated rings. The summed E-state index contributed by atoms with van der Waals surface area (Å²) < 4.78 is 16.6. The topological polar surface area (TPSA) is 65.1 Å². The van der Waals surface area contributed by atoms with E-state index < -0.39 is 0 Å². The Labute approximate surface area is 193 Å². The minimum atomic E-state index is 0.0511. The second-order valence-electron chi connectivity index (χ2n) is 7.94. The van der Waals surface area contributed by atoms with Gasteiger partial charge in [0.05, 0.1) is 19.8 Å². The predicted octanol–water partition coefficient (Wildman–Crippen LogP) is 4.77. The first kappa shape index (κ1) is 28.0. The van der Waals surface area contributed by atoms with E-state index in [1.54, 1.807) is 18.9 Å². The van der Waals surface area contributed by atoms with Gasteiger partial charge in [0.25, 0.3) is 0 Å². The number of unbranched alkanes of at least 4 members (excludes halogenated alkanes) is 1. The van der Waals surface area contributed by atoms with Crippen LogP contribution in [-0.4, -0.2) is 69.8 Å². The average molecular weight is 448 g/mol. The van der Waals surface area contributed by atoms with E-state index in [1.807, 2.05) is 24.3 Å². The Morgan fingerprint density at radius 2 is 1.34 bits per heavy atom. The molecule has 0 saturated heterocycles. The lowest BCUT2D eigenvalue weighted by Gasteiger charge is -2.14. The number of hydrogen-bond donors (Lipinski definition) is 0. The molecule has 0 aliphatic carbocycles. The third-order valence-electron chi connectivity index (χ3n) is 5.17. The maximum Gasteiger partial charge on any atom is 0.219 e. The van der Waals surface area contributed by atoms with Crippen LogP contribution in [0.1, 0.15) is 68.3 Å². The molecule has 0 spiro atoms. The summed E-state index contributed by atoms with van der Waals surface area (Å²) in [5.41, 5.74) is 2.97. The largest absolute Gasteiger partial charge is 0.380 e. The molecule has 6 heteroatoms. The van der Waals surface area contributed by atoms with Crippen molar-refractivity contribution >= 4 is 17.3 Å². The highest BCUT2D eigenvalue weighted by molar-refractivity contribution is 5.96. The molecule has 1 amide bonds. The fourth-order valence-corrected chi connectivity index (χ4v) is 3.01. The first-order valence-corrected chi connectivity index (χ1v) is 11.7. The highest BCUT2D eigenvalue weighted by atomic mass is 16.5. The molecule has 1 rings (SSSR count). The van der Waals surface area contributed by atoms with Gasteiger partial charge in [-0.25, -0.2) is 0 Å². The van der Waals surface area contributed by atoms with Crippen LogP contribution in [0.15, 0.2) is 30.8 Å².